The van der Waals surface area contributed by atoms with E-state index < -0.39 is 0 Å². The maximum atomic E-state index is 5.74. The molecule has 138 valence electrons. The molecular formula is C22H33NOS. The molecule has 1 heterocycles. The van der Waals surface area contributed by atoms with Crippen molar-refractivity contribution in [3.8, 4) is 5.75 Å². The molecule has 0 amide bonds. The zero-order valence-corrected chi connectivity index (χ0v) is 17.1. The molecule has 0 N–H and O–H groups in total. The van der Waals surface area contributed by atoms with Gasteiger partial charge in [0.25, 0.3) is 0 Å². The minimum Gasteiger partial charge on any atom is -0.496 e. The number of rotatable bonds is 10. The van der Waals surface area contributed by atoms with Crippen molar-refractivity contribution in [2.24, 2.45) is 0 Å². The minimum atomic E-state index is 0.979. The third-order valence-corrected chi connectivity index (χ3v) is 5.70. The van der Waals surface area contributed by atoms with Crippen LogP contribution in [0.15, 0.2) is 29.2 Å². The predicted molar refractivity (Wildman–Crippen MR) is 114 cm³/mol. The number of ether oxygens (including phenoxy) is 1. The Hall–Kier alpha value is -1.35. The summed E-state index contributed by atoms with van der Waals surface area (Å²) >= 11 is 1.93. The normalized spacial score (nSPS) is 14.2. The first-order valence-corrected chi connectivity index (χ1v) is 10.6. The van der Waals surface area contributed by atoms with Crippen LogP contribution in [0.4, 0.5) is 5.69 Å². The number of methoxy groups -OCH3 is 1. The van der Waals surface area contributed by atoms with Crippen LogP contribution in [0, 0.1) is 6.92 Å². The number of nitrogens with zero attached hydrogens (tertiary/aromatic N) is 1. The fourth-order valence-electron chi connectivity index (χ4n) is 3.10. The van der Waals surface area contributed by atoms with E-state index in [0.29, 0.717) is 0 Å². The summed E-state index contributed by atoms with van der Waals surface area (Å²) in [5.41, 5.74) is 3.78. The molecule has 0 fully saturated rings. The lowest BCUT2D eigenvalue weighted by Crippen LogP contribution is -2.25. The van der Waals surface area contributed by atoms with Gasteiger partial charge in [0.2, 0.25) is 0 Å². The van der Waals surface area contributed by atoms with Crippen LogP contribution in [0.2, 0.25) is 0 Å². The molecule has 0 unspecified atom stereocenters. The molecular weight excluding hydrogens is 326 g/mol. The van der Waals surface area contributed by atoms with Crippen molar-refractivity contribution < 1.29 is 4.74 Å². The lowest BCUT2D eigenvalue weighted by atomic mass is 10.0. The van der Waals surface area contributed by atoms with E-state index in [4.69, 9.17) is 4.74 Å². The first-order chi connectivity index (χ1) is 12.2. The largest absolute Gasteiger partial charge is 0.496 e. The van der Waals surface area contributed by atoms with Crippen molar-refractivity contribution in [2.45, 2.75) is 52.9 Å². The molecule has 0 atom stereocenters. The number of unbranched alkanes of at least 4 members (excludes halogenated alkanes) is 2. The molecule has 1 aliphatic rings. The van der Waals surface area contributed by atoms with Crippen molar-refractivity contribution in [1.29, 1.82) is 0 Å². The summed E-state index contributed by atoms with van der Waals surface area (Å²) in [4.78, 5) is 3.89. The van der Waals surface area contributed by atoms with Crippen molar-refractivity contribution in [3.63, 3.8) is 0 Å². The van der Waals surface area contributed by atoms with Crippen LogP contribution in [0.5, 0.6) is 5.75 Å². The standard InChI is InChI=1S/C22H33NOS/c1-5-7-13-23(14-8-6-2)19-16-18(3)21(22(17-19)24-4)12-11-20-10-9-15-25-20/h10-12,16-17H,5-9,13-15H2,1-4H3/b12-11+. The Kier molecular flexibility index (Phi) is 8.47. The zero-order chi connectivity index (χ0) is 18.1. The van der Waals surface area contributed by atoms with Gasteiger partial charge in [-0.05, 0) is 50.0 Å². The van der Waals surface area contributed by atoms with E-state index in [1.54, 1.807) is 7.11 Å². The van der Waals surface area contributed by atoms with Gasteiger partial charge in [0.05, 0.1) is 7.11 Å². The molecule has 0 aromatic heterocycles. The summed E-state index contributed by atoms with van der Waals surface area (Å²) < 4.78 is 5.74. The Morgan fingerprint density at radius 1 is 1.12 bits per heavy atom. The van der Waals surface area contributed by atoms with Crippen LogP contribution < -0.4 is 9.64 Å². The molecule has 25 heavy (non-hydrogen) atoms. The summed E-state index contributed by atoms with van der Waals surface area (Å²) in [5, 5.41) is 0. The Bertz CT molecular complexity index is 598. The Balaban J connectivity index is 2.26. The first-order valence-electron chi connectivity index (χ1n) is 9.64. The van der Waals surface area contributed by atoms with Gasteiger partial charge < -0.3 is 9.64 Å². The highest BCUT2D eigenvalue weighted by Gasteiger charge is 2.12. The average Bonchev–Trinajstić information content (AvgIpc) is 3.13. The fourth-order valence-corrected chi connectivity index (χ4v) is 3.97. The van der Waals surface area contributed by atoms with Crippen molar-refractivity contribution in [1.82, 2.24) is 0 Å². The Morgan fingerprint density at radius 2 is 1.84 bits per heavy atom. The summed E-state index contributed by atoms with van der Waals surface area (Å²) in [5.74, 6) is 2.19. The number of benzene rings is 1. The predicted octanol–water partition coefficient (Wildman–Crippen LogP) is 6.44. The summed E-state index contributed by atoms with van der Waals surface area (Å²) in [7, 11) is 1.78. The molecule has 2 nitrogen and oxygen atoms in total. The molecule has 2 rings (SSSR count). The third-order valence-electron chi connectivity index (χ3n) is 4.63. The highest BCUT2D eigenvalue weighted by molar-refractivity contribution is 8.03. The molecule has 0 saturated heterocycles. The van der Waals surface area contributed by atoms with Crippen molar-refractivity contribution >= 4 is 23.5 Å². The number of anilines is 1. The molecule has 0 bridgehead atoms. The van der Waals surface area contributed by atoms with Crippen LogP contribution >= 0.6 is 11.8 Å². The van der Waals surface area contributed by atoms with E-state index in [1.807, 2.05) is 11.8 Å². The quantitative estimate of drug-likeness (QED) is 0.476. The van der Waals surface area contributed by atoms with E-state index in [-0.39, 0.29) is 0 Å². The van der Waals surface area contributed by atoms with Crippen molar-refractivity contribution in [3.05, 3.63) is 40.3 Å². The SMILES string of the molecule is CCCCN(CCCC)c1cc(C)c(/C=C/C2=CCCS2)c(OC)c1. The first kappa shape index (κ1) is 20.0. The van der Waals surface area contributed by atoms with Crippen molar-refractivity contribution in [2.75, 3.05) is 30.9 Å². The Morgan fingerprint density at radius 3 is 2.40 bits per heavy atom. The van der Waals surface area contributed by atoms with Crippen LogP contribution in [0.3, 0.4) is 0 Å². The maximum absolute atomic E-state index is 5.74. The molecule has 0 radical (unpaired) electrons. The van der Waals surface area contributed by atoms with E-state index >= 15 is 0 Å². The number of thioether (sulfide) groups is 1. The molecule has 0 saturated carbocycles. The van der Waals surface area contributed by atoms with Crippen LogP contribution in [-0.2, 0) is 0 Å². The number of aryl methyl sites for hydroxylation is 1. The average molecular weight is 360 g/mol. The van der Waals surface area contributed by atoms with Crippen LogP contribution in [0.25, 0.3) is 6.08 Å². The van der Waals surface area contributed by atoms with E-state index in [1.165, 1.54) is 59.6 Å². The Labute approximate surface area is 158 Å². The van der Waals surface area contributed by atoms with E-state index in [2.05, 4.69) is 56.0 Å². The third kappa shape index (κ3) is 5.85. The van der Waals surface area contributed by atoms with Gasteiger partial charge in [0, 0.05) is 41.1 Å². The van der Waals surface area contributed by atoms with Crippen LogP contribution in [-0.4, -0.2) is 26.0 Å². The second-order valence-electron chi connectivity index (χ2n) is 6.65. The van der Waals surface area contributed by atoms with E-state index in [9.17, 15) is 0 Å². The molecule has 0 spiro atoms. The maximum Gasteiger partial charge on any atom is 0.128 e. The second kappa shape index (κ2) is 10.6. The monoisotopic (exact) mass is 359 g/mol. The number of hydrogen-bond acceptors (Lipinski definition) is 3. The molecule has 1 aliphatic heterocycles. The molecule has 3 heteroatoms. The smallest absolute Gasteiger partial charge is 0.128 e. The van der Waals surface area contributed by atoms with Gasteiger partial charge >= 0.3 is 0 Å². The summed E-state index contributed by atoms with van der Waals surface area (Å²) in [6.07, 6.45) is 12.9. The topological polar surface area (TPSA) is 12.5 Å². The minimum absolute atomic E-state index is 0.979. The fraction of sp³-hybridized carbons (Fsp3) is 0.545. The van der Waals surface area contributed by atoms with Gasteiger partial charge in [-0.2, -0.15) is 0 Å². The van der Waals surface area contributed by atoms with Crippen LogP contribution in [0.1, 0.15) is 57.1 Å². The summed E-state index contributed by atoms with van der Waals surface area (Å²) in [6.45, 7) is 8.95. The highest BCUT2D eigenvalue weighted by atomic mass is 32.2. The number of hydrogen-bond donors (Lipinski definition) is 0. The van der Waals surface area contributed by atoms with Gasteiger partial charge in [-0.25, -0.2) is 0 Å². The van der Waals surface area contributed by atoms with Gasteiger partial charge in [-0.1, -0.05) is 32.8 Å². The molecule has 0 aliphatic carbocycles. The molecule has 1 aromatic rings. The van der Waals surface area contributed by atoms with Gasteiger partial charge in [0.15, 0.2) is 0 Å². The number of allylic oxidation sites excluding steroid dienone is 2. The van der Waals surface area contributed by atoms with Gasteiger partial charge in [0.1, 0.15) is 5.75 Å². The second-order valence-corrected chi connectivity index (χ2v) is 7.82. The lowest BCUT2D eigenvalue weighted by molar-refractivity contribution is 0.413. The van der Waals surface area contributed by atoms with E-state index in [0.717, 1.165) is 18.8 Å². The lowest BCUT2D eigenvalue weighted by Gasteiger charge is -2.26. The van der Waals surface area contributed by atoms with Gasteiger partial charge in [-0.3, -0.25) is 0 Å². The van der Waals surface area contributed by atoms with Gasteiger partial charge in [-0.15, -0.1) is 11.8 Å². The summed E-state index contributed by atoms with van der Waals surface area (Å²) in [6, 6.07) is 4.54. The zero-order valence-electron chi connectivity index (χ0n) is 16.3. The molecule has 1 aromatic carbocycles. The highest BCUT2D eigenvalue weighted by Crippen LogP contribution is 2.33.